The predicted molar refractivity (Wildman–Crippen MR) is 113 cm³/mol. The third-order valence-corrected chi connectivity index (χ3v) is 6.51. The normalized spacial score (nSPS) is 17.7. The van der Waals surface area contributed by atoms with E-state index >= 15 is 0 Å². The molecule has 0 fully saturated rings. The maximum absolute atomic E-state index is 13.5. The lowest BCUT2D eigenvalue weighted by Crippen LogP contribution is -2.34. The van der Waals surface area contributed by atoms with Crippen LogP contribution in [-0.2, 0) is 28.9 Å². The Morgan fingerprint density at radius 2 is 2.18 bits per heavy atom. The van der Waals surface area contributed by atoms with Crippen molar-refractivity contribution in [1.82, 2.24) is 14.5 Å². The summed E-state index contributed by atoms with van der Waals surface area (Å²) in [4.78, 5) is 35.0. The molecule has 2 unspecified atom stereocenters. The second kappa shape index (κ2) is 8.74. The molecule has 7 heteroatoms. The fraction of sp³-hybridized carbons (Fsp3) is 0.667. The number of fused-ring (bicyclic) bond motifs is 3. The molecule has 0 N–H and O–H groups in total. The molecule has 1 aliphatic carbocycles. The Bertz CT molecular complexity index is 916. The zero-order chi connectivity index (χ0) is 20.4. The SMILES string of the molecule is CCCCOC(=O)C(C)n1c(CN(C)C)nc2sc3c(c2c1=O)CCC(C)C3. The zero-order valence-corrected chi connectivity index (χ0v) is 18.4. The summed E-state index contributed by atoms with van der Waals surface area (Å²) in [5, 5.41) is 0.711. The molecule has 6 nitrogen and oxygen atoms in total. The quantitative estimate of drug-likeness (QED) is 0.521. The molecule has 0 spiro atoms. The summed E-state index contributed by atoms with van der Waals surface area (Å²) in [6.45, 7) is 6.93. The molecule has 2 aromatic heterocycles. The van der Waals surface area contributed by atoms with E-state index < -0.39 is 6.04 Å². The van der Waals surface area contributed by atoms with Crippen molar-refractivity contribution in [2.75, 3.05) is 20.7 Å². The Morgan fingerprint density at radius 3 is 2.86 bits per heavy atom. The molecule has 0 saturated carbocycles. The van der Waals surface area contributed by atoms with Crippen LogP contribution in [0, 0.1) is 5.92 Å². The van der Waals surface area contributed by atoms with Gasteiger partial charge in [0, 0.05) is 4.88 Å². The molecule has 0 radical (unpaired) electrons. The van der Waals surface area contributed by atoms with Crippen molar-refractivity contribution >= 4 is 27.5 Å². The summed E-state index contributed by atoms with van der Waals surface area (Å²) in [5.41, 5.74) is 1.04. The standard InChI is InChI=1S/C21H31N3O3S/c1-6-7-10-27-21(26)14(3)24-17(12-23(4)5)22-19-18(20(24)25)15-9-8-13(2)11-16(15)28-19/h13-14H,6-12H2,1-5H3. The predicted octanol–water partition coefficient (Wildman–Crippen LogP) is 3.55. The monoisotopic (exact) mass is 405 g/mol. The van der Waals surface area contributed by atoms with Crippen molar-refractivity contribution in [2.24, 2.45) is 5.92 Å². The van der Waals surface area contributed by atoms with Gasteiger partial charge < -0.3 is 9.64 Å². The van der Waals surface area contributed by atoms with Gasteiger partial charge in [0.1, 0.15) is 16.7 Å². The first kappa shape index (κ1) is 21.0. The second-order valence-corrected chi connectivity index (χ2v) is 9.25. The minimum atomic E-state index is -0.686. The third-order valence-electron chi connectivity index (χ3n) is 5.36. The molecular formula is C21H31N3O3S. The fourth-order valence-electron chi connectivity index (χ4n) is 3.78. The number of aromatic nitrogens is 2. The number of carbonyl (C=O) groups is 1. The van der Waals surface area contributed by atoms with Gasteiger partial charge in [-0.15, -0.1) is 11.3 Å². The maximum atomic E-state index is 13.5. The molecule has 0 saturated heterocycles. The summed E-state index contributed by atoms with van der Waals surface area (Å²) in [6, 6.07) is -0.686. The molecule has 28 heavy (non-hydrogen) atoms. The summed E-state index contributed by atoms with van der Waals surface area (Å²) in [5.74, 6) is 0.889. The highest BCUT2D eigenvalue weighted by atomic mass is 32.1. The number of nitrogens with zero attached hydrogens (tertiary/aromatic N) is 3. The van der Waals surface area contributed by atoms with Crippen LogP contribution in [0.25, 0.3) is 10.2 Å². The molecule has 2 heterocycles. The number of hydrogen-bond donors (Lipinski definition) is 0. The van der Waals surface area contributed by atoms with E-state index in [9.17, 15) is 9.59 Å². The second-order valence-electron chi connectivity index (χ2n) is 8.17. The smallest absolute Gasteiger partial charge is 0.329 e. The van der Waals surface area contributed by atoms with Gasteiger partial charge in [-0.1, -0.05) is 20.3 Å². The summed E-state index contributed by atoms with van der Waals surface area (Å²) in [6.07, 6.45) is 4.79. The fourth-order valence-corrected chi connectivity index (χ4v) is 5.17. The molecular weight excluding hydrogens is 374 g/mol. The van der Waals surface area contributed by atoms with E-state index in [0.29, 0.717) is 30.3 Å². The number of unbranched alkanes of at least 4 members (excludes halogenated alkanes) is 1. The van der Waals surface area contributed by atoms with Crippen LogP contribution < -0.4 is 5.56 Å². The first-order chi connectivity index (χ1) is 13.3. The van der Waals surface area contributed by atoms with Crippen LogP contribution in [0.2, 0.25) is 0 Å². The average molecular weight is 406 g/mol. The van der Waals surface area contributed by atoms with Crippen LogP contribution in [-0.4, -0.2) is 41.1 Å². The lowest BCUT2D eigenvalue weighted by Gasteiger charge is -2.21. The number of rotatable bonds is 7. The Hall–Kier alpha value is -1.73. The van der Waals surface area contributed by atoms with E-state index in [1.807, 2.05) is 19.0 Å². The molecule has 0 aromatic carbocycles. The van der Waals surface area contributed by atoms with Crippen molar-refractivity contribution in [3.63, 3.8) is 0 Å². The first-order valence-electron chi connectivity index (χ1n) is 10.2. The molecule has 1 aliphatic rings. The Balaban J connectivity index is 2.09. The van der Waals surface area contributed by atoms with E-state index in [2.05, 4.69) is 13.8 Å². The van der Waals surface area contributed by atoms with Crippen molar-refractivity contribution < 1.29 is 9.53 Å². The molecule has 0 amide bonds. The highest BCUT2D eigenvalue weighted by Crippen LogP contribution is 2.36. The number of aryl methyl sites for hydroxylation is 1. The molecule has 2 aromatic rings. The van der Waals surface area contributed by atoms with Gasteiger partial charge in [0.05, 0.1) is 18.5 Å². The topological polar surface area (TPSA) is 64.4 Å². The van der Waals surface area contributed by atoms with Crippen molar-refractivity contribution in [2.45, 2.75) is 65.5 Å². The van der Waals surface area contributed by atoms with Crippen LogP contribution in [0.3, 0.4) is 0 Å². The number of hydrogen-bond acceptors (Lipinski definition) is 6. The van der Waals surface area contributed by atoms with E-state index in [1.165, 1.54) is 4.88 Å². The van der Waals surface area contributed by atoms with E-state index in [0.717, 1.165) is 42.5 Å². The Labute approximate surface area is 170 Å². The van der Waals surface area contributed by atoms with Crippen molar-refractivity contribution in [3.05, 3.63) is 26.6 Å². The van der Waals surface area contributed by atoms with Gasteiger partial charge in [-0.25, -0.2) is 9.78 Å². The molecule has 3 rings (SSSR count). The van der Waals surface area contributed by atoms with Gasteiger partial charge in [0.2, 0.25) is 0 Å². The third kappa shape index (κ3) is 4.15. The summed E-state index contributed by atoms with van der Waals surface area (Å²) in [7, 11) is 3.87. The molecule has 0 aliphatic heterocycles. The Morgan fingerprint density at radius 1 is 1.43 bits per heavy atom. The number of thiophene rings is 1. The van der Waals surface area contributed by atoms with Gasteiger partial charge in [-0.3, -0.25) is 9.36 Å². The Kier molecular flexibility index (Phi) is 6.55. The minimum absolute atomic E-state index is 0.103. The number of carbonyl (C=O) groups excluding carboxylic acids is 1. The highest BCUT2D eigenvalue weighted by molar-refractivity contribution is 7.18. The highest BCUT2D eigenvalue weighted by Gasteiger charge is 2.28. The van der Waals surface area contributed by atoms with Gasteiger partial charge in [0.15, 0.2) is 0 Å². The van der Waals surface area contributed by atoms with Gasteiger partial charge >= 0.3 is 5.97 Å². The zero-order valence-electron chi connectivity index (χ0n) is 17.6. The van der Waals surface area contributed by atoms with E-state index in [4.69, 9.17) is 9.72 Å². The minimum Gasteiger partial charge on any atom is -0.464 e. The lowest BCUT2D eigenvalue weighted by molar-refractivity contribution is -0.147. The van der Waals surface area contributed by atoms with Gasteiger partial charge in [0.25, 0.3) is 5.56 Å². The van der Waals surface area contributed by atoms with E-state index in [-0.39, 0.29) is 11.5 Å². The first-order valence-corrected chi connectivity index (χ1v) is 11.0. The van der Waals surface area contributed by atoms with Crippen molar-refractivity contribution in [1.29, 1.82) is 0 Å². The average Bonchev–Trinajstić information content (AvgIpc) is 2.98. The molecule has 154 valence electrons. The van der Waals surface area contributed by atoms with Crippen LogP contribution in [0.4, 0.5) is 0 Å². The van der Waals surface area contributed by atoms with Gasteiger partial charge in [-0.2, -0.15) is 0 Å². The number of ether oxygens (including phenoxy) is 1. The van der Waals surface area contributed by atoms with Crippen LogP contribution in [0.1, 0.15) is 62.3 Å². The largest absolute Gasteiger partial charge is 0.464 e. The number of esters is 1. The summed E-state index contributed by atoms with van der Waals surface area (Å²) < 4.78 is 6.95. The lowest BCUT2D eigenvalue weighted by atomic mass is 9.89. The van der Waals surface area contributed by atoms with Crippen LogP contribution >= 0.6 is 11.3 Å². The van der Waals surface area contributed by atoms with Crippen LogP contribution in [0.5, 0.6) is 0 Å². The van der Waals surface area contributed by atoms with E-state index in [1.54, 1.807) is 22.8 Å². The van der Waals surface area contributed by atoms with Crippen LogP contribution in [0.15, 0.2) is 4.79 Å². The summed E-state index contributed by atoms with van der Waals surface area (Å²) >= 11 is 1.65. The molecule has 2 atom stereocenters. The molecule has 0 bridgehead atoms. The van der Waals surface area contributed by atoms with Gasteiger partial charge in [-0.05, 0) is 58.2 Å². The van der Waals surface area contributed by atoms with Crippen molar-refractivity contribution in [3.8, 4) is 0 Å². The maximum Gasteiger partial charge on any atom is 0.329 e.